The highest BCUT2D eigenvalue weighted by Crippen LogP contribution is 2.14. The number of carbonyl (C=O) groups excluding carboxylic acids is 2. The lowest BCUT2D eigenvalue weighted by Crippen LogP contribution is -2.32. The third kappa shape index (κ3) is 4.07. The standard InChI is InChI=1S/C19H19N3O2/c23-17(15-8-3-1-4-9-15)14-22-13-7-12-18(22)21-19(24)20-16-10-5-2-6-11-16/h1-6,8-11H,7,12-14H2,(H,20,24). The van der Waals surface area contributed by atoms with Crippen LogP contribution in [0.25, 0.3) is 0 Å². The van der Waals surface area contributed by atoms with E-state index in [1.165, 1.54) is 0 Å². The Morgan fingerprint density at radius 2 is 1.67 bits per heavy atom. The minimum absolute atomic E-state index is 0.0358. The summed E-state index contributed by atoms with van der Waals surface area (Å²) in [6, 6.07) is 18.0. The molecule has 0 bridgehead atoms. The van der Waals surface area contributed by atoms with E-state index in [2.05, 4.69) is 10.3 Å². The van der Waals surface area contributed by atoms with Crippen LogP contribution in [0.5, 0.6) is 0 Å². The molecule has 24 heavy (non-hydrogen) atoms. The van der Waals surface area contributed by atoms with E-state index in [9.17, 15) is 9.59 Å². The number of rotatable bonds is 4. The van der Waals surface area contributed by atoms with Crippen molar-refractivity contribution < 1.29 is 9.59 Å². The summed E-state index contributed by atoms with van der Waals surface area (Å²) >= 11 is 0. The molecule has 1 fully saturated rings. The Labute approximate surface area is 141 Å². The van der Waals surface area contributed by atoms with Gasteiger partial charge in [0.1, 0.15) is 5.84 Å². The second-order valence-electron chi connectivity index (χ2n) is 5.64. The molecule has 1 aliphatic rings. The quantitative estimate of drug-likeness (QED) is 0.875. The van der Waals surface area contributed by atoms with E-state index in [0.29, 0.717) is 23.5 Å². The maximum Gasteiger partial charge on any atom is 0.347 e. The van der Waals surface area contributed by atoms with Gasteiger partial charge in [-0.25, -0.2) is 4.79 Å². The number of ketones is 1. The fraction of sp³-hybridized carbons (Fsp3) is 0.211. The van der Waals surface area contributed by atoms with Crippen LogP contribution in [-0.4, -0.2) is 35.6 Å². The van der Waals surface area contributed by atoms with E-state index in [1.54, 1.807) is 12.1 Å². The highest BCUT2D eigenvalue weighted by molar-refractivity contribution is 6.03. The Morgan fingerprint density at radius 3 is 2.38 bits per heavy atom. The van der Waals surface area contributed by atoms with Gasteiger partial charge in [-0.15, -0.1) is 0 Å². The van der Waals surface area contributed by atoms with E-state index >= 15 is 0 Å². The summed E-state index contributed by atoms with van der Waals surface area (Å²) < 4.78 is 0. The molecule has 0 aliphatic carbocycles. The number of aliphatic imine (C=N–C) groups is 1. The van der Waals surface area contributed by atoms with Gasteiger partial charge < -0.3 is 10.2 Å². The fourth-order valence-corrected chi connectivity index (χ4v) is 2.69. The number of nitrogens with one attached hydrogen (secondary N) is 1. The van der Waals surface area contributed by atoms with Crippen LogP contribution in [0.3, 0.4) is 0 Å². The maximum atomic E-state index is 12.3. The second-order valence-corrected chi connectivity index (χ2v) is 5.64. The summed E-state index contributed by atoms with van der Waals surface area (Å²) in [4.78, 5) is 30.4. The zero-order valence-electron chi connectivity index (χ0n) is 13.3. The van der Waals surface area contributed by atoms with E-state index in [0.717, 1.165) is 13.0 Å². The summed E-state index contributed by atoms with van der Waals surface area (Å²) in [5, 5.41) is 2.74. The van der Waals surface area contributed by atoms with Gasteiger partial charge >= 0.3 is 6.03 Å². The Hall–Kier alpha value is -2.95. The van der Waals surface area contributed by atoms with Crippen LogP contribution in [0.2, 0.25) is 0 Å². The molecule has 0 atom stereocenters. The summed E-state index contributed by atoms with van der Waals surface area (Å²) in [5.74, 6) is 0.710. The molecule has 5 heteroatoms. The van der Waals surface area contributed by atoms with Crippen LogP contribution in [0.1, 0.15) is 23.2 Å². The van der Waals surface area contributed by atoms with Gasteiger partial charge in [0.2, 0.25) is 0 Å². The molecule has 0 saturated carbocycles. The van der Waals surface area contributed by atoms with Crippen molar-refractivity contribution in [2.24, 2.45) is 4.99 Å². The van der Waals surface area contributed by atoms with Crippen molar-refractivity contribution in [2.45, 2.75) is 12.8 Å². The van der Waals surface area contributed by atoms with Gasteiger partial charge in [-0.3, -0.25) is 4.79 Å². The van der Waals surface area contributed by atoms with Gasteiger partial charge in [-0.1, -0.05) is 48.5 Å². The van der Waals surface area contributed by atoms with Crippen molar-refractivity contribution in [2.75, 3.05) is 18.4 Å². The number of hydrogen-bond acceptors (Lipinski definition) is 2. The Balaban J connectivity index is 1.64. The first kappa shape index (κ1) is 15.9. The number of carbonyl (C=O) groups is 2. The molecule has 122 valence electrons. The average Bonchev–Trinajstić information content (AvgIpc) is 3.03. The van der Waals surface area contributed by atoms with E-state index in [4.69, 9.17) is 0 Å². The first-order valence-electron chi connectivity index (χ1n) is 7.99. The Kier molecular flexibility index (Phi) is 5.01. The molecule has 1 N–H and O–H groups in total. The molecular weight excluding hydrogens is 302 g/mol. The smallest absolute Gasteiger partial charge is 0.347 e. The molecule has 2 aromatic rings. The van der Waals surface area contributed by atoms with Crippen LogP contribution < -0.4 is 5.32 Å². The molecule has 2 amide bonds. The molecule has 2 aromatic carbocycles. The molecule has 0 aromatic heterocycles. The lowest BCUT2D eigenvalue weighted by molar-refractivity contribution is 0.0966. The van der Waals surface area contributed by atoms with Gasteiger partial charge in [0, 0.05) is 24.2 Å². The number of amides is 2. The molecule has 1 saturated heterocycles. The third-order valence-electron chi connectivity index (χ3n) is 3.88. The van der Waals surface area contributed by atoms with Crippen molar-refractivity contribution in [3.63, 3.8) is 0 Å². The largest absolute Gasteiger partial charge is 0.352 e. The lowest BCUT2D eigenvalue weighted by atomic mass is 10.1. The number of hydrogen-bond donors (Lipinski definition) is 1. The summed E-state index contributed by atoms with van der Waals surface area (Å²) in [6.07, 6.45) is 1.61. The van der Waals surface area contributed by atoms with E-state index in [1.807, 2.05) is 53.4 Å². The van der Waals surface area contributed by atoms with Crippen LogP contribution in [-0.2, 0) is 0 Å². The molecule has 0 spiro atoms. The lowest BCUT2D eigenvalue weighted by Gasteiger charge is -2.17. The monoisotopic (exact) mass is 321 g/mol. The van der Waals surface area contributed by atoms with E-state index in [-0.39, 0.29) is 12.3 Å². The van der Waals surface area contributed by atoms with Crippen molar-refractivity contribution in [1.82, 2.24) is 4.90 Å². The van der Waals surface area contributed by atoms with Gasteiger partial charge in [-0.05, 0) is 18.6 Å². The second kappa shape index (κ2) is 7.55. The zero-order chi connectivity index (χ0) is 16.8. The molecular formula is C19H19N3O2. The minimum atomic E-state index is -0.407. The average molecular weight is 321 g/mol. The first-order chi connectivity index (χ1) is 11.7. The molecule has 1 heterocycles. The van der Waals surface area contributed by atoms with Crippen LogP contribution in [0.15, 0.2) is 65.7 Å². The van der Waals surface area contributed by atoms with Crippen LogP contribution in [0, 0.1) is 0 Å². The SMILES string of the molecule is O=C(N=C1CCCN1CC(=O)c1ccccc1)Nc1ccccc1. The number of amidine groups is 1. The zero-order valence-corrected chi connectivity index (χ0v) is 13.3. The number of para-hydroxylation sites is 1. The number of nitrogens with zero attached hydrogens (tertiary/aromatic N) is 2. The van der Waals surface area contributed by atoms with Crippen molar-refractivity contribution >= 4 is 23.3 Å². The van der Waals surface area contributed by atoms with Crippen LogP contribution in [0.4, 0.5) is 10.5 Å². The molecule has 0 unspecified atom stereocenters. The number of urea groups is 1. The number of anilines is 1. The van der Waals surface area contributed by atoms with Crippen molar-refractivity contribution in [3.05, 3.63) is 66.2 Å². The Bertz CT molecular complexity index is 742. The number of benzene rings is 2. The minimum Gasteiger partial charge on any atom is -0.352 e. The predicted octanol–water partition coefficient (Wildman–Crippen LogP) is 3.60. The normalized spacial score (nSPS) is 15.5. The number of likely N-dealkylation sites (tertiary alicyclic amines) is 1. The summed E-state index contributed by atoms with van der Waals surface area (Å²) in [6.45, 7) is 0.998. The van der Waals surface area contributed by atoms with Gasteiger partial charge in [-0.2, -0.15) is 4.99 Å². The highest BCUT2D eigenvalue weighted by atomic mass is 16.2. The summed E-state index contributed by atoms with van der Waals surface area (Å²) in [5.41, 5.74) is 1.38. The van der Waals surface area contributed by atoms with Crippen molar-refractivity contribution in [1.29, 1.82) is 0 Å². The third-order valence-corrected chi connectivity index (χ3v) is 3.88. The predicted molar refractivity (Wildman–Crippen MR) is 94.5 cm³/mol. The van der Waals surface area contributed by atoms with Gasteiger partial charge in [0.25, 0.3) is 0 Å². The van der Waals surface area contributed by atoms with Gasteiger partial charge in [0.15, 0.2) is 5.78 Å². The topological polar surface area (TPSA) is 61.8 Å². The Morgan fingerprint density at radius 1 is 1.00 bits per heavy atom. The molecule has 3 rings (SSSR count). The molecule has 0 radical (unpaired) electrons. The van der Waals surface area contributed by atoms with Crippen LogP contribution >= 0.6 is 0 Å². The van der Waals surface area contributed by atoms with Gasteiger partial charge in [0.05, 0.1) is 6.54 Å². The van der Waals surface area contributed by atoms with Crippen molar-refractivity contribution in [3.8, 4) is 0 Å². The highest BCUT2D eigenvalue weighted by Gasteiger charge is 2.22. The van der Waals surface area contributed by atoms with E-state index < -0.39 is 6.03 Å². The fourth-order valence-electron chi connectivity index (χ4n) is 2.69. The first-order valence-corrected chi connectivity index (χ1v) is 7.99. The maximum absolute atomic E-state index is 12.3. The number of Topliss-reactive ketones (excluding diaryl/α,β-unsaturated/α-hetero) is 1. The molecule has 5 nitrogen and oxygen atoms in total. The summed E-state index contributed by atoms with van der Waals surface area (Å²) in [7, 11) is 0. The molecule has 1 aliphatic heterocycles.